The van der Waals surface area contributed by atoms with Gasteiger partial charge in [0, 0.05) is 32.7 Å². The van der Waals surface area contributed by atoms with Crippen LogP contribution in [0.15, 0.2) is 42.5 Å². The Hall–Kier alpha value is -1.79. The van der Waals surface area contributed by atoms with Crippen molar-refractivity contribution in [2.75, 3.05) is 45.2 Å². The zero-order chi connectivity index (χ0) is 19.2. The monoisotopic (exact) mass is 407 g/mol. The third-order valence-electron chi connectivity index (χ3n) is 4.62. The Morgan fingerprint density at radius 1 is 1.04 bits per heavy atom. The number of halogens is 2. The third kappa shape index (κ3) is 5.59. The van der Waals surface area contributed by atoms with Gasteiger partial charge >= 0.3 is 0 Å². The fourth-order valence-corrected chi connectivity index (χ4v) is 3.44. The quantitative estimate of drug-likeness (QED) is 0.791. The average molecular weight is 408 g/mol. The van der Waals surface area contributed by atoms with Crippen LogP contribution in [0, 0.1) is 0 Å². The Balaban J connectivity index is 1.44. The second-order valence-electron chi connectivity index (χ2n) is 6.55. The molecule has 7 heteroatoms. The molecule has 1 fully saturated rings. The van der Waals surface area contributed by atoms with Crippen molar-refractivity contribution in [1.29, 1.82) is 0 Å². The normalized spacial score (nSPS) is 15.5. The van der Waals surface area contributed by atoms with Crippen molar-refractivity contribution < 1.29 is 9.53 Å². The summed E-state index contributed by atoms with van der Waals surface area (Å²) in [7, 11) is 1.67. The maximum absolute atomic E-state index is 12.3. The van der Waals surface area contributed by atoms with Crippen LogP contribution >= 0.6 is 23.2 Å². The maximum atomic E-state index is 12.3. The first-order valence-corrected chi connectivity index (χ1v) is 9.62. The largest absolute Gasteiger partial charge is 0.497 e. The zero-order valence-corrected chi connectivity index (χ0v) is 16.8. The van der Waals surface area contributed by atoms with E-state index in [1.807, 2.05) is 12.1 Å². The molecule has 1 N–H and O–H groups in total. The van der Waals surface area contributed by atoms with Crippen molar-refractivity contribution in [1.82, 2.24) is 9.80 Å². The van der Waals surface area contributed by atoms with Gasteiger partial charge in [-0.25, -0.2) is 0 Å². The van der Waals surface area contributed by atoms with Crippen LogP contribution in [0.1, 0.15) is 5.56 Å². The molecule has 2 aromatic rings. The lowest BCUT2D eigenvalue weighted by atomic mass is 10.2. The molecule has 0 unspecified atom stereocenters. The molecule has 0 saturated carbocycles. The van der Waals surface area contributed by atoms with Gasteiger partial charge in [0.25, 0.3) is 0 Å². The molecule has 3 rings (SSSR count). The first-order valence-electron chi connectivity index (χ1n) is 8.86. The van der Waals surface area contributed by atoms with Gasteiger partial charge in [-0.2, -0.15) is 0 Å². The van der Waals surface area contributed by atoms with E-state index in [0.717, 1.165) is 38.5 Å². The fourth-order valence-electron chi connectivity index (χ4n) is 3.09. The van der Waals surface area contributed by atoms with E-state index in [2.05, 4.69) is 27.2 Å². The maximum Gasteiger partial charge on any atom is 0.238 e. The van der Waals surface area contributed by atoms with Crippen molar-refractivity contribution in [2.24, 2.45) is 0 Å². The summed E-state index contributed by atoms with van der Waals surface area (Å²) in [6.45, 7) is 4.82. The predicted molar refractivity (Wildman–Crippen MR) is 110 cm³/mol. The Labute approximate surface area is 169 Å². The smallest absolute Gasteiger partial charge is 0.238 e. The number of hydrogen-bond donors (Lipinski definition) is 1. The molecule has 1 heterocycles. The lowest BCUT2D eigenvalue weighted by Gasteiger charge is -2.34. The van der Waals surface area contributed by atoms with Gasteiger partial charge < -0.3 is 10.1 Å². The molecule has 5 nitrogen and oxygen atoms in total. The van der Waals surface area contributed by atoms with E-state index in [1.54, 1.807) is 25.3 Å². The highest BCUT2D eigenvalue weighted by Crippen LogP contribution is 2.29. The van der Waals surface area contributed by atoms with Crippen LogP contribution in [0.4, 0.5) is 5.69 Å². The van der Waals surface area contributed by atoms with Crippen LogP contribution in [0.2, 0.25) is 10.0 Å². The summed E-state index contributed by atoms with van der Waals surface area (Å²) in [5, 5.41) is 3.64. The van der Waals surface area contributed by atoms with Gasteiger partial charge in [0.05, 0.1) is 29.4 Å². The summed E-state index contributed by atoms with van der Waals surface area (Å²) in [4.78, 5) is 16.8. The molecule has 27 heavy (non-hydrogen) atoms. The summed E-state index contributed by atoms with van der Waals surface area (Å²) < 4.78 is 5.19. The summed E-state index contributed by atoms with van der Waals surface area (Å²) in [5.74, 6) is 0.789. The number of benzene rings is 2. The van der Waals surface area contributed by atoms with Crippen molar-refractivity contribution in [3.05, 3.63) is 58.1 Å². The van der Waals surface area contributed by atoms with E-state index in [9.17, 15) is 4.79 Å². The molecule has 0 atom stereocenters. The van der Waals surface area contributed by atoms with Crippen molar-refractivity contribution in [3.8, 4) is 5.75 Å². The molecular formula is C20H23Cl2N3O2. The predicted octanol–water partition coefficient (Wildman–Crippen LogP) is 3.76. The van der Waals surface area contributed by atoms with Crippen LogP contribution in [0.3, 0.4) is 0 Å². The first-order chi connectivity index (χ1) is 13.0. The Kier molecular flexibility index (Phi) is 6.96. The van der Waals surface area contributed by atoms with Gasteiger partial charge in [-0.05, 0) is 29.8 Å². The molecule has 144 valence electrons. The lowest BCUT2D eigenvalue weighted by molar-refractivity contribution is -0.117. The van der Waals surface area contributed by atoms with E-state index in [1.165, 1.54) is 5.56 Å². The Bertz CT molecular complexity index is 775. The Morgan fingerprint density at radius 2 is 1.70 bits per heavy atom. The zero-order valence-electron chi connectivity index (χ0n) is 15.3. The summed E-state index contributed by atoms with van der Waals surface area (Å²) in [5.41, 5.74) is 1.81. The average Bonchev–Trinajstić information content (AvgIpc) is 2.67. The van der Waals surface area contributed by atoms with Crippen molar-refractivity contribution >= 4 is 34.8 Å². The van der Waals surface area contributed by atoms with Crippen LogP contribution < -0.4 is 10.1 Å². The first kappa shape index (κ1) is 20.0. The molecule has 0 aliphatic carbocycles. The molecule has 0 aromatic heterocycles. The summed E-state index contributed by atoms with van der Waals surface area (Å²) >= 11 is 12.1. The van der Waals surface area contributed by atoms with E-state index >= 15 is 0 Å². The Morgan fingerprint density at radius 3 is 2.37 bits per heavy atom. The lowest BCUT2D eigenvalue weighted by Crippen LogP contribution is -2.48. The number of carbonyl (C=O) groups excluding carboxylic acids is 1. The van der Waals surface area contributed by atoms with Gasteiger partial charge in [0.2, 0.25) is 5.91 Å². The highest BCUT2D eigenvalue weighted by molar-refractivity contribution is 6.44. The van der Waals surface area contributed by atoms with Gasteiger partial charge in [0.1, 0.15) is 5.75 Å². The minimum absolute atomic E-state index is 0.0808. The number of nitrogens with one attached hydrogen (secondary N) is 1. The second-order valence-corrected chi connectivity index (χ2v) is 7.34. The topological polar surface area (TPSA) is 44.8 Å². The number of carbonyl (C=O) groups is 1. The van der Waals surface area contributed by atoms with Gasteiger partial charge in [-0.15, -0.1) is 0 Å². The number of nitrogens with zero attached hydrogens (tertiary/aromatic N) is 2. The van der Waals surface area contributed by atoms with Gasteiger partial charge in [0.15, 0.2) is 0 Å². The molecule has 0 bridgehead atoms. The van der Waals surface area contributed by atoms with E-state index in [0.29, 0.717) is 22.3 Å². The van der Waals surface area contributed by atoms with Crippen molar-refractivity contribution in [2.45, 2.75) is 6.54 Å². The number of methoxy groups -OCH3 is 1. The highest BCUT2D eigenvalue weighted by atomic mass is 35.5. The van der Waals surface area contributed by atoms with Crippen molar-refractivity contribution in [3.63, 3.8) is 0 Å². The summed E-state index contributed by atoms with van der Waals surface area (Å²) in [6.07, 6.45) is 0. The third-order valence-corrected chi connectivity index (χ3v) is 5.44. The number of rotatable bonds is 6. The molecule has 2 aromatic carbocycles. The van der Waals surface area contributed by atoms with Crippen LogP contribution in [-0.2, 0) is 11.3 Å². The highest BCUT2D eigenvalue weighted by Gasteiger charge is 2.19. The van der Waals surface area contributed by atoms with Crippen LogP contribution in [-0.4, -0.2) is 55.5 Å². The minimum Gasteiger partial charge on any atom is -0.497 e. The van der Waals surface area contributed by atoms with E-state index in [-0.39, 0.29) is 5.91 Å². The number of anilines is 1. The number of ether oxygens (including phenoxy) is 1. The molecule has 1 aliphatic rings. The van der Waals surface area contributed by atoms with E-state index < -0.39 is 0 Å². The second kappa shape index (κ2) is 9.42. The van der Waals surface area contributed by atoms with Crippen LogP contribution in [0.5, 0.6) is 5.75 Å². The molecule has 1 amide bonds. The van der Waals surface area contributed by atoms with Gasteiger partial charge in [-0.3, -0.25) is 14.6 Å². The van der Waals surface area contributed by atoms with Crippen LogP contribution in [0.25, 0.3) is 0 Å². The molecule has 1 saturated heterocycles. The summed E-state index contributed by atoms with van der Waals surface area (Å²) in [6, 6.07) is 13.4. The fraction of sp³-hybridized carbons (Fsp3) is 0.350. The van der Waals surface area contributed by atoms with Gasteiger partial charge in [-0.1, -0.05) is 41.4 Å². The molecule has 1 aliphatic heterocycles. The number of hydrogen-bond acceptors (Lipinski definition) is 4. The molecular weight excluding hydrogens is 385 g/mol. The molecule has 0 spiro atoms. The standard InChI is InChI=1S/C20H23Cl2N3O2/c1-27-16-7-5-15(6-8-16)13-24-9-11-25(12-10-24)14-19(26)23-18-4-2-3-17(21)20(18)22/h2-8H,9-14H2,1H3,(H,23,26). The number of amides is 1. The number of piperazine rings is 1. The molecule has 0 radical (unpaired) electrons. The SMILES string of the molecule is COc1ccc(CN2CCN(CC(=O)Nc3cccc(Cl)c3Cl)CC2)cc1. The minimum atomic E-state index is -0.0808. The van der Waals surface area contributed by atoms with E-state index in [4.69, 9.17) is 27.9 Å².